The molecule has 0 radical (unpaired) electrons. The van der Waals surface area contributed by atoms with Crippen LogP contribution in [0.15, 0.2) is 48.5 Å². The van der Waals surface area contributed by atoms with Gasteiger partial charge in [0.15, 0.2) is 6.10 Å². The molecule has 0 aliphatic rings. The summed E-state index contributed by atoms with van der Waals surface area (Å²) >= 11 is 3.88. The molecule has 30 heavy (non-hydrogen) atoms. The van der Waals surface area contributed by atoms with E-state index in [4.69, 9.17) is 14.2 Å². The highest BCUT2D eigenvalue weighted by molar-refractivity contribution is 7.81. The molecule has 2 N–H and O–H groups in total. The number of rotatable bonds is 10. The van der Waals surface area contributed by atoms with E-state index in [0.717, 1.165) is 5.56 Å². The first-order valence-electron chi connectivity index (χ1n) is 9.64. The standard InChI is InChI=1S/C22H27NO6S/c1-3-27-19(12-13-28-20(25)14-30)21(16-6-10-18(24)11-7-16)29-22(26)23-17-8-4-15(2)5-9-17/h4-11,19,21,24,30H,3,12-14H2,1-2H3,(H,23,26)/t19-,21-/m1/s1. The van der Waals surface area contributed by atoms with Crippen molar-refractivity contribution in [1.82, 2.24) is 0 Å². The van der Waals surface area contributed by atoms with Crippen molar-refractivity contribution in [3.8, 4) is 5.75 Å². The molecule has 0 saturated heterocycles. The summed E-state index contributed by atoms with van der Waals surface area (Å²) < 4.78 is 16.6. The molecule has 0 saturated carbocycles. The molecule has 0 aromatic heterocycles. The van der Waals surface area contributed by atoms with Crippen molar-refractivity contribution in [2.24, 2.45) is 0 Å². The summed E-state index contributed by atoms with van der Waals surface area (Å²) in [6.45, 7) is 4.26. The highest BCUT2D eigenvalue weighted by Crippen LogP contribution is 2.28. The van der Waals surface area contributed by atoms with Crippen LogP contribution < -0.4 is 5.32 Å². The first-order valence-corrected chi connectivity index (χ1v) is 10.3. The fraction of sp³-hybridized carbons (Fsp3) is 0.364. The van der Waals surface area contributed by atoms with Crippen molar-refractivity contribution in [3.05, 3.63) is 59.7 Å². The maximum Gasteiger partial charge on any atom is 0.412 e. The number of carbonyl (C=O) groups is 2. The number of aryl methyl sites for hydroxylation is 1. The van der Waals surface area contributed by atoms with Gasteiger partial charge in [-0.15, -0.1) is 0 Å². The van der Waals surface area contributed by atoms with E-state index in [9.17, 15) is 14.7 Å². The quantitative estimate of drug-likeness (QED) is 0.383. The van der Waals surface area contributed by atoms with E-state index in [-0.39, 0.29) is 18.1 Å². The van der Waals surface area contributed by atoms with Crippen LogP contribution in [0.5, 0.6) is 5.75 Å². The van der Waals surface area contributed by atoms with Gasteiger partial charge in [-0.25, -0.2) is 4.79 Å². The largest absolute Gasteiger partial charge is 0.508 e. The second-order valence-corrected chi connectivity index (χ2v) is 6.89. The molecule has 2 rings (SSSR count). The SMILES string of the molecule is CCO[C@H](CCOC(=O)CS)[C@H](OC(=O)Nc1ccc(C)cc1)c1ccc(O)cc1. The molecule has 0 aliphatic carbocycles. The first-order chi connectivity index (χ1) is 14.4. The van der Waals surface area contributed by atoms with E-state index in [1.807, 2.05) is 26.0 Å². The summed E-state index contributed by atoms with van der Waals surface area (Å²) in [7, 11) is 0. The average molecular weight is 434 g/mol. The van der Waals surface area contributed by atoms with Gasteiger partial charge in [0.2, 0.25) is 0 Å². The van der Waals surface area contributed by atoms with Gasteiger partial charge in [0.1, 0.15) is 11.9 Å². The Balaban J connectivity index is 2.16. The smallest absolute Gasteiger partial charge is 0.412 e. The lowest BCUT2D eigenvalue weighted by atomic mass is 10.0. The number of esters is 1. The molecule has 8 heteroatoms. The molecule has 7 nitrogen and oxygen atoms in total. The minimum Gasteiger partial charge on any atom is -0.508 e. The van der Waals surface area contributed by atoms with Gasteiger partial charge in [0.05, 0.1) is 12.4 Å². The van der Waals surface area contributed by atoms with Crippen molar-refractivity contribution in [1.29, 1.82) is 0 Å². The fourth-order valence-corrected chi connectivity index (χ4v) is 2.88. The van der Waals surface area contributed by atoms with Crippen LogP contribution in [0.25, 0.3) is 0 Å². The molecule has 2 aromatic rings. The Kier molecular flexibility index (Phi) is 9.50. The monoisotopic (exact) mass is 433 g/mol. The topological polar surface area (TPSA) is 94.1 Å². The predicted molar refractivity (Wildman–Crippen MR) is 117 cm³/mol. The van der Waals surface area contributed by atoms with Crippen LogP contribution in [0.1, 0.15) is 30.6 Å². The Labute approximate surface area is 181 Å². The lowest BCUT2D eigenvalue weighted by molar-refractivity contribution is -0.142. The summed E-state index contributed by atoms with van der Waals surface area (Å²) in [5.74, 6) is -0.360. The maximum absolute atomic E-state index is 12.6. The van der Waals surface area contributed by atoms with Crippen LogP contribution in [0.3, 0.4) is 0 Å². The van der Waals surface area contributed by atoms with Gasteiger partial charge in [0.25, 0.3) is 0 Å². The molecule has 0 fully saturated rings. The van der Waals surface area contributed by atoms with Gasteiger partial charge in [-0.3, -0.25) is 10.1 Å². The highest BCUT2D eigenvalue weighted by atomic mass is 32.1. The summed E-state index contributed by atoms with van der Waals surface area (Å²) in [5, 5.41) is 12.3. The van der Waals surface area contributed by atoms with Gasteiger partial charge in [-0.05, 0) is 43.7 Å². The second kappa shape index (κ2) is 12.1. The number of hydrogen-bond acceptors (Lipinski definition) is 7. The van der Waals surface area contributed by atoms with Crippen LogP contribution in [-0.4, -0.2) is 42.2 Å². The zero-order chi connectivity index (χ0) is 21.9. The molecule has 0 heterocycles. The van der Waals surface area contributed by atoms with Crippen LogP contribution >= 0.6 is 12.6 Å². The summed E-state index contributed by atoms with van der Waals surface area (Å²) in [6, 6.07) is 13.7. The lowest BCUT2D eigenvalue weighted by Crippen LogP contribution is -2.30. The zero-order valence-corrected chi connectivity index (χ0v) is 17.9. The number of ether oxygens (including phenoxy) is 3. The van der Waals surface area contributed by atoms with Gasteiger partial charge >= 0.3 is 12.1 Å². The molecule has 0 aliphatic heterocycles. The van der Waals surface area contributed by atoms with Crippen molar-refractivity contribution >= 4 is 30.4 Å². The number of phenols is 1. The van der Waals surface area contributed by atoms with Crippen molar-refractivity contribution in [2.75, 3.05) is 24.3 Å². The predicted octanol–water partition coefficient (Wildman–Crippen LogP) is 4.26. The van der Waals surface area contributed by atoms with E-state index in [1.54, 1.807) is 24.3 Å². The maximum atomic E-state index is 12.6. The second-order valence-electron chi connectivity index (χ2n) is 6.57. The van der Waals surface area contributed by atoms with Crippen LogP contribution in [0.2, 0.25) is 0 Å². The van der Waals surface area contributed by atoms with E-state index < -0.39 is 24.3 Å². The number of amides is 1. The number of thiol groups is 1. The van der Waals surface area contributed by atoms with E-state index >= 15 is 0 Å². The fourth-order valence-electron chi connectivity index (χ4n) is 2.79. The van der Waals surface area contributed by atoms with Crippen LogP contribution in [0, 0.1) is 6.92 Å². The number of hydrogen-bond donors (Lipinski definition) is 3. The van der Waals surface area contributed by atoms with E-state index in [2.05, 4.69) is 17.9 Å². The molecule has 0 spiro atoms. The third-order valence-corrected chi connectivity index (χ3v) is 4.52. The van der Waals surface area contributed by atoms with Gasteiger partial charge in [0, 0.05) is 18.7 Å². The average Bonchev–Trinajstić information content (AvgIpc) is 2.74. The number of phenolic OH excluding ortho intramolecular Hbond substituents is 1. The van der Waals surface area contributed by atoms with E-state index in [0.29, 0.717) is 24.3 Å². The van der Waals surface area contributed by atoms with E-state index in [1.165, 1.54) is 12.1 Å². The highest BCUT2D eigenvalue weighted by Gasteiger charge is 2.28. The number of carbonyl (C=O) groups excluding carboxylic acids is 2. The Morgan fingerprint density at radius 1 is 1.10 bits per heavy atom. The van der Waals surface area contributed by atoms with Gasteiger partial charge < -0.3 is 19.3 Å². The minimum atomic E-state index is -0.772. The molecule has 1 amide bonds. The number of nitrogens with one attached hydrogen (secondary N) is 1. The van der Waals surface area contributed by atoms with Crippen molar-refractivity contribution in [3.63, 3.8) is 0 Å². The molecular weight excluding hydrogens is 406 g/mol. The summed E-state index contributed by atoms with van der Waals surface area (Å²) in [4.78, 5) is 23.9. The Morgan fingerprint density at radius 2 is 1.77 bits per heavy atom. The van der Waals surface area contributed by atoms with Crippen LogP contribution in [0.4, 0.5) is 10.5 Å². The minimum absolute atomic E-state index is 0.0177. The Morgan fingerprint density at radius 3 is 2.37 bits per heavy atom. The number of anilines is 1. The molecular formula is C22H27NO6S. The molecule has 0 unspecified atom stereocenters. The van der Waals surface area contributed by atoms with Gasteiger partial charge in [-0.2, -0.15) is 12.6 Å². The molecule has 2 atom stereocenters. The molecule has 0 bridgehead atoms. The Bertz CT molecular complexity index is 809. The van der Waals surface area contributed by atoms with Crippen molar-refractivity contribution in [2.45, 2.75) is 32.5 Å². The number of benzene rings is 2. The normalized spacial score (nSPS) is 12.6. The third-order valence-electron chi connectivity index (χ3n) is 4.27. The Hall–Kier alpha value is -2.71. The molecule has 2 aromatic carbocycles. The van der Waals surface area contributed by atoms with Crippen LogP contribution in [-0.2, 0) is 19.0 Å². The summed E-state index contributed by atoms with van der Waals surface area (Å²) in [5.41, 5.74) is 2.32. The lowest BCUT2D eigenvalue weighted by Gasteiger charge is -2.27. The zero-order valence-electron chi connectivity index (χ0n) is 17.0. The number of aromatic hydroxyl groups is 1. The summed E-state index contributed by atoms with van der Waals surface area (Å²) in [6.07, 6.45) is -1.66. The van der Waals surface area contributed by atoms with Gasteiger partial charge in [-0.1, -0.05) is 29.8 Å². The molecule has 162 valence electrons. The first kappa shape index (κ1) is 23.6. The van der Waals surface area contributed by atoms with Crippen molar-refractivity contribution < 1.29 is 28.9 Å². The third kappa shape index (κ3) is 7.61.